The van der Waals surface area contributed by atoms with Gasteiger partial charge in [0.15, 0.2) is 0 Å². The maximum atomic E-state index is 11.2. The first-order valence-corrected chi connectivity index (χ1v) is 7.40. The minimum absolute atomic E-state index is 0.0977. The Morgan fingerprint density at radius 3 is 2.91 bits per heavy atom. The molecule has 1 aromatic carbocycles. The van der Waals surface area contributed by atoms with Gasteiger partial charge in [-0.2, -0.15) is 0 Å². The zero-order chi connectivity index (χ0) is 15.7. The van der Waals surface area contributed by atoms with Gasteiger partial charge >= 0.3 is 0 Å². The molecule has 1 aliphatic rings. The molecule has 1 aromatic heterocycles. The lowest BCUT2D eigenvalue weighted by Gasteiger charge is -2.38. The normalized spacial score (nSPS) is 22.0. The van der Waals surface area contributed by atoms with Crippen molar-refractivity contribution in [2.45, 2.75) is 19.4 Å². The van der Waals surface area contributed by atoms with Crippen molar-refractivity contribution >= 4 is 22.1 Å². The third kappa shape index (κ3) is 2.50. The Labute approximate surface area is 128 Å². The number of nitrogens with zero attached hydrogens (tertiary/aromatic N) is 3. The van der Waals surface area contributed by atoms with Gasteiger partial charge in [0.25, 0.3) is 5.69 Å². The van der Waals surface area contributed by atoms with Crippen LogP contribution in [0.4, 0.5) is 11.4 Å². The maximum Gasteiger partial charge on any atom is 0.278 e. The molecule has 0 radical (unpaired) electrons. The molecule has 0 saturated carbocycles. The Balaban J connectivity index is 2.05. The SMILES string of the molecule is COC1CN(c2ccc([N+](=O)[O-])c3cnccc23)CCC1C. The van der Waals surface area contributed by atoms with Gasteiger partial charge in [-0.25, -0.2) is 0 Å². The predicted octanol–water partition coefficient (Wildman–Crippen LogP) is 3.00. The number of rotatable bonds is 3. The number of pyridine rings is 1. The molecule has 1 fully saturated rings. The van der Waals surface area contributed by atoms with Gasteiger partial charge < -0.3 is 9.64 Å². The Morgan fingerprint density at radius 2 is 2.18 bits per heavy atom. The number of nitro benzene ring substituents is 1. The van der Waals surface area contributed by atoms with Crippen LogP contribution >= 0.6 is 0 Å². The third-order valence-corrected chi connectivity index (χ3v) is 4.50. The minimum atomic E-state index is -0.357. The third-order valence-electron chi connectivity index (χ3n) is 4.50. The zero-order valence-electron chi connectivity index (χ0n) is 12.7. The molecular formula is C16H19N3O3. The van der Waals surface area contributed by atoms with E-state index in [1.807, 2.05) is 12.1 Å². The number of methoxy groups -OCH3 is 1. The van der Waals surface area contributed by atoms with Crippen molar-refractivity contribution in [3.8, 4) is 0 Å². The topological polar surface area (TPSA) is 68.5 Å². The highest BCUT2D eigenvalue weighted by molar-refractivity contribution is 5.99. The average molecular weight is 301 g/mol. The van der Waals surface area contributed by atoms with Crippen LogP contribution in [0.1, 0.15) is 13.3 Å². The lowest BCUT2D eigenvalue weighted by atomic mass is 9.95. The van der Waals surface area contributed by atoms with Crippen molar-refractivity contribution < 1.29 is 9.66 Å². The summed E-state index contributed by atoms with van der Waals surface area (Å²) in [5, 5.41) is 12.6. The first kappa shape index (κ1) is 14.7. The summed E-state index contributed by atoms with van der Waals surface area (Å²) in [7, 11) is 1.74. The lowest BCUT2D eigenvalue weighted by Crippen LogP contribution is -2.44. The lowest BCUT2D eigenvalue weighted by molar-refractivity contribution is -0.383. The number of fused-ring (bicyclic) bond motifs is 1. The summed E-state index contributed by atoms with van der Waals surface area (Å²) in [5.74, 6) is 0.521. The van der Waals surface area contributed by atoms with Crippen molar-refractivity contribution in [3.63, 3.8) is 0 Å². The van der Waals surface area contributed by atoms with E-state index in [-0.39, 0.29) is 16.7 Å². The molecule has 2 unspecified atom stereocenters. The smallest absolute Gasteiger partial charge is 0.278 e. The minimum Gasteiger partial charge on any atom is -0.379 e. The predicted molar refractivity (Wildman–Crippen MR) is 85.2 cm³/mol. The summed E-state index contributed by atoms with van der Waals surface area (Å²) < 4.78 is 5.57. The van der Waals surface area contributed by atoms with Crippen LogP contribution in [0.5, 0.6) is 0 Å². The highest BCUT2D eigenvalue weighted by atomic mass is 16.6. The van der Waals surface area contributed by atoms with Crippen LogP contribution in [0.25, 0.3) is 10.8 Å². The molecule has 0 bridgehead atoms. The first-order valence-electron chi connectivity index (χ1n) is 7.40. The quantitative estimate of drug-likeness (QED) is 0.644. The highest BCUT2D eigenvalue weighted by Gasteiger charge is 2.27. The summed E-state index contributed by atoms with van der Waals surface area (Å²) in [6.45, 7) is 3.92. The molecule has 2 atom stereocenters. The number of ether oxygens (including phenoxy) is 1. The van der Waals surface area contributed by atoms with Crippen molar-refractivity contribution in [1.82, 2.24) is 4.98 Å². The van der Waals surface area contributed by atoms with Gasteiger partial charge in [-0.3, -0.25) is 15.1 Å². The van der Waals surface area contributed by atoms with Crippen molar-refractivity contribution in [3.05, 3.63) is 40.7 Å². The summed E-state index contributed by atoms with van der Waals surface area (Å²) in [4.78, 5) is 17.1. The van der Waals surface area contributed by atoms with E-state index in [9.17, 15) is 10.1 Å². The van der Waals surface area contributed by atoms with Crippen molar-refractivity contribution in [2.24, 2.45) is 5.92 Å². The van der Waals surface area contributed by atoms with E-state index in [2.05, 4.69) is 16.8 Å². The molecule has 2 heterocycles. The van der Waals surface area contributed by atoms with Gasteiger partial charge in [0.05, 0.1) is 16.4 Å². The molecule has 2 aromatic rings. The molecule has 22 heavy (non-hydrogen) atoms. The van der Waals surface area contributed by atoms with Gasteiger partial charge in [-0.1, -0.05) is 6.92 Å². The van der Waals surface area contributed by atoms with Gasteiger partial charge in [-0.15, -0.1) is 0 Å². The fraction of sp³-hybridized carbons (Fsp3) is 0.438. The number of hydrogen-bond acceptors (Lipinski definition) is 5. The molecule has 0 aliphatic carbocycles. The maximum absolute atomic E-state index is 11.2. The van der Waals surface area contributed by atoms with E-state index >= 15 is 0 Å². The van der Waals surface area contributed by atoms with Gasteiger partial charge in [0.1, 0.15) is 0 Å². The fourth-order valence-corrected chi connectivity index (χ4v) is 3.15. The number of benzene rings is 1. The zero-order valence-corrected chi connectivity index (χ0v) is 12.7. The van der Waals surface area contributed by atoms with Crippen LogP contribution < -0.4 is 4.90 Å². The Hall–Kier alpha value is -2.21. The fourth-order valence-electron chi connectivity index (χ4n) is 3.15. The number of hydrogen-bond donors (Lipinski definition) is 0. The summed E-state index contributed by atoms with van der Waals surface area (Å²) >= 11 is 0. The number of anilines is 1. The van der Waals surface area contributed by atoms with E-state index in [1.54, 1.807) is 25.6 Å². The largest absolute Gasteiger partial charge is 0.379 e. The van der Waals surface area contributed by atoms with E-state index < -0.39 is 0 Å². The molecule has 0 spiro atoms. The molecule has 0 amide bonds. The standard InChI is InChI=1S/C16H19N3O3/c1-11-6-8-18(10-16(11)22-2)14-3-4-15(19(20)21)13-9-17-7-5-12(13)14/h3-5,7,9,11,16H,6,8,10H2,1-2H3. The van der Waals surface area contributed by atoms with Gasteiger partial charge in [0.2, 0.25) is 0 Å². The molecule has 3 rings (SSSR count). The van der Waals surface area contributed by atoms with E-state index in [0.717, 1.165) is 30.6 Å². The van der Waals surface area contributed by atoms with E-state index in [0.29, 0.717) is 11.3 Å². The van der Waals surface area contributed by atoms with Gasteiger partial charge in [-0.05, 0) is 24.5 Å². The second-order valence-corrected chi connectivity index (χ2v) is 5.77. The van der Waals surface area contributed by atoms with Crippen LogP contribution in [0.15, 0.2) is 30.6 Å². The van der Waals surface area contributed by atoms with E-state index in [1.165, 1.54) is 0 Å². The molecule has 1 saturated heterocycles. The molecule has 116 valence electrons. The molecule has 1 aliphatic heterocycles. The average Bonchev–Trinajstić information content (AvgIpc) is 2.54. The van der Waals surface area contributed by atoms with E-state index in [4.69, 9.17) is 4.74 Å². The second-order valence-electron chi connectivity index (χ2n) is 5.77. The van der Waals surface area contributed by atoms with Crippen LogP contribution in [-0.4, -0.2) is 36.2 Å². The Bertz CT molecular complexity index is 704. The summed E-state index contributed by atoms with van der Waals surface area (Å²) in [5.41, 5.74) is 1.11. The Kier molecular flexibility index (Phi) is 3.94. The monoisotopic (exact) mass is 301 g/mol. The summed E-state index contributed by atoms with van der Waals surface area (Å²) in [6, 6.07) is 5.25. The second kappa shape index (κ2) is 5.88. The van der Waals surface area contributed by atoms with Gasteiger partial charge in [0, 0.05) is 49.7 Å². The Morgan fingerprint density at radius 1 is 1.36 bits per heavy atom. The van der Waals surface area contributed by atoms with Crippen molar-refractivity contribution in [1.29, 1.82) is 0 Å². The van der Waals surface area contributed by atoms with Crippen LogP contribution in [0.3, 0.4) is 0 Å². The van der Waals surface area contributed by atoms with Crippen LogP contribution in [0, 0.1) is 16.0 Å². The number of non-ortho nitro benzene ring substituents is 1. The number of aromatic nitrogens is 1. The molecular weight excluding hydrogens is 282 g/mol. The molecule has 0 N–H and O–H groups in total. The molecule has 6 nitrogen and oxygen atoms in total. The molecule has 6 heteroatoms. The number of nitro groups is 1. The number of piperidine rings is 1. The van der Waals surface area contributed by atoms with Crippen LogP contribution in [-0.2, 0) is 4.74 Å². The van der Waals surface area contributed by atoms with Crippen molar-refractivity contribution in [2.75, 3.05) is 25.1 Å². The highest BCUT2D eigenvalue weighted by Crippen LogP contribution is 2.35. The summed E-state index contributed by atoms with van der Waals surface area (Å²) in [6.07, 6.45) is 4.47. The van der Waals surface area contributed by atoms with Crippen LogP contribution in [0.2, 0.25) is 0 Å². The first-order chi connectivity index (χ1) is 10.6.